The molecule has 164 valence electrons. The SMILES string of the molecule is O=C1CS(=O)(=O)N(Cc2ccc(Br)cc2)c2ccccc2C1C(=O)Nc1ccc(Cl)cc1. The summed E-state index contributed by atoms with van der Waals surface area (Å²) in [6, 6.07) is 20.3. The van der Waals surface area contributed by atoms with Crippen molar-refractivity contribution in [2.45, 2.75) is 12.5 Å². The van der Waals surface area contributed by atoms with Crippen LogP contribution < -0.4 is 9.62 Å². The number of ketones is 1. The van der Waals surface area contributed by atoms with Gasteiger partial charge in [0, 0.05) is 15.2 Å². The summed E-state index contributed by atoms with van der Waals surface area (Å²) in [5.74, 6) is -3.30. The van der Waals surface area contributed by atoms with E-state index in [2.05, 4.69) is 21.2 Å². The number of carbonyl (C=O) groups is 2. The molecule has 0 aromatic heterocycles. The number of para-hydroxylation sites is 1. The first-order chi connectivity index (χ1) is 15.2. The number of amides is 1. The van der Waals surface area contributed by atoms with E-state index in [-0.39, 0.29) is 6.54 Å². The Hall–Kier alpha value is -2.68. The van der Waals surface area contributed by atoms with Crippen LogP contribution in [0.15, 0.2) is 77.3 Å². The highest BCUT2D eigenvalue weighted by atomic mass is 79.9. The van der Waals surface area contributed by atoms with Crippen LogP contribution in [0.25, 0.3) is 0 Å². The van der Waals surface area contributed by atoms with Gasteiger partial charge in [-0.2, -0.15) is 0 Å². The number of nitrogens with zero attached hydrogens (tertiary/aromatic N) is 1. The van der Waals surface area contributed by atoms with Crippen LogP contribution in [0, 0.1) is 0 Å². The Morgan fingerprint density at radius 2 is 1.69 bits per heavy atom. The molecule has 0 radical (unpaired) electrons. The zero-order valence-corrected chi connectivity index (χ0v) is 19.8. The standard InChI is InChI=1S/C23H18BrClN2O4S/c24-16-7-5-15(6-8-16)13-27-20-4-2-1-3-19(20)22(21(28)14-32(27,30)31)23(29)26-18-11-9-17(25)10-12-18/h1-12,22H,13-14H2,(H,26,29). The van der Waals surface area contributed by atoms with Gasteiger partial charge in [0.15, 0.2) is 5.78 Å². The molecule has 1 aliphatic heterocycles. The summed E-state index contributed by atoms with van der Waals surface area (Å²) in [6.07, 6.45) is 0. The van der Waals surface area contributed by atoms with Crippen LogP contribution in [0.3, 0.4) is 0 Å². The van der Waals surface area contributed by atoms with E-state index < -0.39 is 33.4 Å². The van der Waals surface area contributed by atoms with E-state index in [1.807, 2.05) is 12.1 Å². The molecule has 3 aromatic rings. The third-order valence-corrected chi connectivity index (χ3v) is 7.54. The maximum absolute atomic E-state index is 13.2. The Balaban J connectivity index is 1.74. The predicted molar refractivity (Wildman–Crippen MR) is 128 cm³/mol. The summed E-state index contributed by atoms with van der Waals surface area (Å²) in [5.41, 5.74) is 1.88. The van der Waals surface area contributed by atoms with Gasteiger partial charge in [-0.3, -0.25) is 13.9 Å². The van der Waals surface area contributed by atoms with E-state index in [9.17, 15) is 18.0 Å². The van der Waals surface area contributed by atoms with Crippen LogP contribution >= 0.6 is 27.5 Å². The number of anilines is 2. The van der Waals surface area contributed by atoms with E-state index in [0.717, 1.165) is 10.0 Å². The first kappa shape index (κ1) is 22.5. The van der Waals surface area contributed by atoms with Gasteiger partial charge < -0.3 is 5.32 Å². The van der Waals surface area contributed by atoms with Crippen molar-refractivity contribution in [3.05, 3.63) is 93.4 Å². The van der Waals surface area contributed by atoms with E-state index in [4.69, 9.17) is 11.6 Å². The van der Waals surface area contributed by atoms with Gasteiger partial charge in [-0.1, -0.05) is 57.9 Å². The lowest BCUT2D eigenvalue weighted by Gasteiger charge is -2.24. The van der Waals surface area contributed by atoms with Gasteiger partial charge >= 0.3 is 0 Å². The zero-order chi connectivity index (χ0) is 22.9. The second-order valence-corrected chi connectivity index (χ2v) is 10.6. The van der Waals surface area contributed by atoms with E-state index >= 15 is 0 Å². The molecule has 0 fully saturated rings. The third kappa shape index (κ3) is 4.72. The number of rotatable bonds is 4. The van der Waals surface area contributed by atoms with Crippen molar-refractivity contribution in [2.75, 3.05) is 15.4 Å². The molecule has 32 heavy (non-hydrogen) atoms. The number of halogens is 2. The van der Waals surface area contributed by atoms with Gasteiger partial charge in [0.05, 0.1) is 12.2 Å². The highest BCUT2D eigenvalue weighted by Crippen LogP contribution is 2.36. The molecule has 0 spiro atoms. The monoisotopic (exact) mass is 532 g/mol. The molecule has 1 heterocycles. The van der Waals surface area contributed by atoms with Gasteiger partial charge in [-0.05, 0) is 53.6 Å². The average Bonchev–Trinajstić information content (AvgIpc) is 2.83. The maximum atomic E-state index is 13.2. The normalized spacial score (nSPS) is 17.4. The molecule has 0 bridgehead atoms. The zero-order valence-electron chi connectivity index (χ0n) is 16.7. The van der Waals surface area contributed by atoms with Crippen LogP contribution in [0.2, 0.25) is 5.02 Å². The van der Waals surface area contributed by atoms with Crippen LogP contribution in [0.1, 0.15) is 17.0 Å². The van der Waals surface area contributed by atoms with Crippen molar-refractivity contribution >= 4 is 60.6 Å². The third-order valence-electron chi connectivity index (χ3n) is 5.11. The molecule has 1 unspecified atom stereocenters. The number of fused-ring (bicyclic) bond motifs is 1. The molecule has 4 rings (SSSR count). The summed E-state index contributed by atoms with van der Waals surface area (Å²) in [5, 5.41) is 3.21. The first-order valence-corrected chi connectivity index (χ1v) is 12.5. The molecule has 0 saturated carbocycles. The van der Waals surface area contributed by atoms with Crippen molar-refractivity contribution in [2.24, 2.45) is 0 Å². The molecule has 6 nitrogen and oxygen atoms in total. The minimum absolute atomic E-state index is 0.0471. The fraction of sp³-hybridized carbons (Fsp3) is 0.130. The molecule has 0 aliphatic carbocycles. The maximum Gasteiger partial charge on any atom is 0.242 e. The molecule has 3 aromatic carbocycles. The van der Waals surface area contributed by atoms with Crippen molar-refractivity contribution in [3.63, 3.8) is 0 Å². The molecule has 1 aliphatic rings. The molecule has 0 saturated heterocycles. The molecular weight excluding hydrogens is 516 g/mol. The Labute approximate surface area is 199 Å². The lowest BCUT2D eigenvalue weighted by atomic mass is 9.92. The number of hydrogen-bond donors (Lipinski definition) is 1. The van der Waals surface area contributed by atoms with Gasteiger partial charge in [0.25, 0.3) is 0 Å². The first-order valence-electron chi connectivity index (χ1n) is 9.67. The van der Waals surface area contributed by atoms with Crippen LogP contribution in [-0.2, 0) is 26.2 Å². The van der Waals surface area contributed by atoms with Gasteiger partial charge in [-0.25, -0.2) is 8.42 Å². The fourth-order valence-corrected chi connectivity index (χ4v) is 5.48. The van der Waals surface area contributed by atoms with E-state index in [1.54, 1.807) is 60.7 Å². The minimum Gasteiger partial charge on any atom is -0.325 e. The molecule has 1 N–H and O–H groups in total. The average molecular weight is 534 g/mol. The summed E-state index contributed by atoms with van der Waals surface area (Å²) in [6.45, 7) is 0.0471. The Bertz CT molecular complexity index is 1280. The summed E-state index contributed by atoms with van der Waals surface area (Å²) < 4.78 is 28.4. The van der Waals surface area contributed by atoms with Crippen LogP contribution in [0.5, 0.6) is 0 Å². The second-order valence-electron chi connectivity index (χ2n) is 7.34. The molecular formula is C23H18BrClN2O4S. The van der Waals surface area contributed by atoms with Crippen molar-refractivity contribution in [3.8, 4) is 0 Å². The van der Waals surface area contributed by atoms with Gasteiger partial charge in [0.2, 0.25) is 15.9 Å². The predicted octanol–water partition coefficient (Wildman–Crippen LogP) is 4.74. The van der Waals surface area contributed by atoms with Gasteiger partial charge in [-0.15, -0.1) is 0 Å². The summed E-state index contributed by atoms with van der Waals surface area (Å²) >= 11 is 9.26. The number of hydrogen-bond acceptors (Lipinski definition) is 4. The quantitative estimate of drug-likeness (QED) is 0.491. The lowest BCUT2D eigenvalue weighted by Crippen LogP contribution is -2.34. The molecule has 1 atom stereocenters. The summed E-state index contributed by atoms with van der Waals surface area (Å²) in [7, 11) is -4.00. The summed E-state index contributed by atoms with van der Waals surface area (Å²) in [4.78, 5) is 26.1. The van der Waals surface area contributed by atoms with Crippen LogP contribution in [-0.4, -0.2) is 25.9 Å². The highest BCUT2D eigenvalue weighted by Gasteiger charge is 2.40. The number of sulfonamides is 1. The van der Waals surface area contributed by atoms with Crippen molar-refractivity contribution in [1.82, 2.24) is 0 Å². The van der Waals surface area contributed by atoms with Crippen molar-refractivity contribution < 1.29 is 18.0 Å². The number of Topliss-reactive ketones (excluding diaryl/α,β-unsaturated/α-hetero) is 1. The molecule has 1 amide bonds. The largest absolute Gasteiger partial charge is 0.325 e. The van der Waals surface area contributed by atoms with E-state index in [1.165, 1.54) is 4.31 Å². The number of nitrogens with one attached hydrogen (secondary N) is 1. The Morgan fingerprint density at radius 3 is 2.38 bits per heavy atom. The minimum atomic E-state index is -4.00. The number of benzene rings is 3. The van der Waals surface area contributed by atoms with Crippen LogP contribution in [0.4, 0.5) is 11.4 Å². The second kappa shape index (κ2) is 9.05. The van der Waals surface area contributed by atoms with Gasteiger partial charge in [0.1, 0.15) is 11.7 Å². The van der Waals surface area contributed by atoms with E-state index in [0.29, 0.717) is 22.0 Å². The lowest BCUT2D eigenvalue weighted by molar-refractivity contribution is -0.126. The number of carbonyl (C=O) groups excluding carboxylic acids is 2. The molecule has 9 heteroatoms. The Morgan fingerprint density at radius 1 is 1.03 bits per heavy atom. The fourth-order valence-electron chi connectivity index (χ4n) is 3.60. The highest BCUT2D eigenvalue weighted by molar-refractivity contribution is 9.10. The topological polar surface area (TPSA) is 83.6 Å². The van der Waals surface area contributed by atoms with Crippen molar-refractivity contribution in [1.29, 1.82) is 0 Å². The smallest absolute Gasteiger partial charge is 0.242 e. The Kier molecular flexibility index (Phi) is 6.37.